The lowest BCUT2D eigenvalue weighted by Gasteiger charge is -2.32. The van der Waals surface area contributed by atoms with E-state index in [9.17, 15) is 0 Å². The zero-order valence-corrected chi connectivity index (χ0v) is 13.9. The number of rotatable bonds is 3. The summed E-state index contributed by atoms with van der Waals surface area (Å²) in [4.78, 5) is 0. The van der Waals surface area contributed by atoms with Crippen LogP contribution in [0.3, 0.4) is 0 Å². The molecule has 5 heteroatoms. The van der Waals surface area contributed by atoms with E-state index in [1.807, 2.05) is 24.3 Å². The molecule has 2 heterocycles. The maximum absolute atomic E-state index is 6.09. The molecule has 22 heavy (non-hydrogen) atoms. The molecule has 120 valence electrons. The van der Waals surface area contributed by atoms with Crippen LogP contribution in [-0.2, 0) is 14.0 Å². The Morgan fingerprint density at radius 3 is 2.45 bits per heavy atom. The van der Waals surface area contributed by atoms with Crippen LogP contribution in [0, 0.1) is 0 Å². The first kappa shape index (κ1) is 15.8. The largest absolute Gasteiger partial charge is 0.494 e. The van der Waals surface area contributed by atoms with Crippen LogP contribution in [0.4, 0.5) is 0 Å². The van der Waals surface area contributed by atoms with E-state index in [0.717, 1.165) is 37.1 Å². The van der Waals surface area contributed by atoms with Gasteiger partial charge in [0.15, 0.2) is 6.29 Å². The highest BCUT2D eigenvalue weighted by Crippen LogP contribution is 2.36. The topological polar surface area (TPSA) is 36.9 Å². The molecule has 0 radical (unpaired) electrons. The minimum Gasteiger partial charge on any atom is -0.465 e. The Labute approximate surface area is 133 Å². The van der Waals surface area contributed by atoms with Crippen LogP contribution in [0.1, 0.15) is 47.0 Å². The molecule has 1 aromatic rings. The molecule has 2 aliphatic heterocycles. The molecule has 3 rings (SSSR count). The molecule has 0 aromatic heterocycles. The van der Waals surface area contributed by atoms with Gasteiger partial charge in [0, 0.05) is 6.42 Å². The molecule has 0 spiro atoms. The van der Waals surface area contributed by atoms with Crippen LogP contribution in [0.5, 0.6) is 5.75 Å². The Morgan fingerprint density at radius 2 is 1.82 bits per heavy atom. The third kappa shape index (κ3) is 3.17. The van der Waals surface area contributed by atoms with Crippen LogP contribution in [-0.4, -0.2) is 31.2 Å². The Hall–Kier alpha value is -1.04. The first-order chi connectivity index (χ1) is 10.4. The van der Waals surface area contributed by atoms with E-state index in [0.29, 0.717) is 0 Å². The predicted octanol–water partition coefficient (Wildman–Crippen LogP) is 2.89. The van der Waals surface area contributed by atoms with Gasteiger partial charge in [-0.25, -0.2) is 0 Å². The summed E-state index contributed by atoms with van der Waals surface area (Å²) in [6.45, 7) is 9.01. The minimum atomic E-state index is -0.360. The maximum Gasteiger partial charge on any atom is 0.494 e. The second-order valence-corrected chi connectivity index (χ2v) is 7.07. The van der Waals surface area contributed by atoms with Gasteiger partial charge in [-0.15, -0.1) is 0 Å². The first-order valence-electron chi connectivity index (χ1n) is 8.11. The van der Waals surface area contributed by atoms with Gasteiger partial charge in [0.05, 0.1) is 17.8 Å². The highest BCUT2D eigenvalue weighted by Gasteiger charge is 2.51. The van der Waals surface area contributed by atoms with E-state index in [2.05, 4.69) is 27.7 Å². The number of ether oxygens (including phenoxy) is 2. The number of hydrogen-bond donors (Lipinski definition) is 0. The molecule has 1 unspecified atom stereocenters. The molecule has 1 aromatic carbocycles. The lowest BCUT2D eigenvalue weighted by atomic mass is 9.79. The van der Waals surface area contributed by atoms with Crippen molar-refractivity contribution in [2.75, 3.05) is 6.61 Å². The molecule has 0 bridgehead atoms. The second kappa shape index (κ2) is 5.87. The van der Waals surface area contributed by atoms with Gasteiger partial charge in [0.25, 0.3) is 0 Å². The molecule has 2 aliphatic rings. The lowest BCUT2D eigenvalue weighted by Crippen LogP contribution is -2.41. The van der Waals surface area contributed by atoms with Gasteiger partial charge >= 0.3 is 7.12 Å². The molecule has 4 nitrogen and oxygen atoms in total. The fourth-order valence-corrected chi connectivity index (χ4v) is 2.67. The molecule has 0 amide bonds. The molecule has 2 fully saturated rings. The van der Waals surface area contributed by atoms with Crippen LogP contribution in [0.2, 0.25) is 0 Å². The zero-order chi connectivity index (χ0) is 15.8. The van der Waals surface area contributed by atoms with E-state index in [-0.39, 0.29) is 24.6 Å². The summed E-state index contributed by atoms with van der Waals surface area (Å²) in [6.07, 6.45) is 3.08. The summed E-state index contributed by atoms with van der Waals surface area (Å²) >= 11 is 0. The van der Waals surface area contributed by atoms with Crippen LogP contribution in [0.15, 0.2) is 24.3 Å². The van der Waals surface area contributed by atoms with Crippen molar-refractivity contribution < 1.29 is 18.8 Å². The highest BCUT2D eigenvalue weighted by atomic mass is 16.7. The standard InChI is InChI=1S/C17H25BO4/c1-16(2)17(3,4)22-18(21-16)13-8-7-9-14(12-13)20-15-10-5-6-11-19-15/h7-9,12,15H,5-6,10-11H2,1-4H3. The average molecular weight is 304 g/mol. The van der Waals surface area contributed by atoms with Gasteiger partial charge in [-0.1, -0.05) is 12.1 Å². The van der Waals surface area contributed by atoms with Crippen molar-refractivity contribution in [1.29, 1.82) is 0 Å². The summed E-state index contributed by atoms with van der Waals surface area (Å²) in [5, 5.41) is 0. The zero-order valence-electron chi connectivity index (χ0n) is 13.9. The van der Waals surface area contributed by atoms with Gasteiger partial charge < -0.3 is 18.8 Å². The molecular weight excluding hydrogens is 279 g/mol. The summed E-state index contributed by atoms with van der Waals surface area (Å²) < 4.78 is 23.7. The average Bonchev–Trinajstić information content (AvgIpc) is 2.69. The van der Waals surface area contributed by atoms with E-state index in [1.165, 1.54) is 0 Å². The molecule has 2 saturated heterocycles. The minimum absolute atomic E-state index is 0.137. The SMILES string of the molecule is CC1(C)OB(c2cccc(OC3CCCCO3)c2)OC1(C)C. The summed E-state index contributed by atoms with van der Waals surface area (Å²) in [6, 6.07) is 7.92. The van der Waals surface area contributed by atoms with E-state index >= 15 is 0 Å². The Kier molecular flexibility index (Phi) is 4.23. The van der Waals surface area contributed by atoms with Crippen LogP contribution >= 0.6 is 0 Å². The van der Waals surface area contributed by atoms with E-state index < -0.39 is 0 Å². The first-order valence-corrected chi connectivity index (χ1v) is 8.11. The van der Waals surface area contributed by atoms with Crippen LogP contribution < -0.4 is 10.2 Å². The second-order valence-electron chi connectivity index (χ2n) is 7.07. The fraction of sp³-hybridized carbons (Fsp3) is 0.647. The van der Waals surface area contributed by atoms with Crippen molar-refractivity contribution in [1.82, 2.24) is 0 Å². The van der Waals surface area contributed by atoms with Crippen molar-refractivity contribution in [2.45, 2.75) is 64.4 Å². The quantitative estimate of drug-likeness (QED) is 0.805. The van der Waals surface area contributed by atoms with Crippen molar-refractivity contribution in [2.24, 2.45) is 0 Å². The molecule has 0 N–H and O–H groups in total. The summed E-state index contributed by atoms with van der Waals surface area (Å²) in [5.74, 6) is 0.805. The smallest absolute Gasteiger partial charge is 0.465 e. The number of hydrogen-bond acceptors (Lipinski definition) is 4. The van der Waals surface area contributed by atoms with Crippen LogP contribution in [0.25, 0.3) is 0 Å². The summed E-state index contributed by atoms with van der Waals surface area (Å²) in [7, 11) is -0.360. The fourth-order valence-electron chi connectivity index (χ4n) is 2.67. The van der Waals surface area contributed by atoms with Gasteiger partial charge in [-0.05, 0) is 58.1 Å². The van der Waals surface area contributed by atoms with Crippen molar-refractivity contribution in [3.63, 3.8) is 0 Å². The van der Waals surface area contributed by atoms with Gasteiger partial charge in [-0.2, -0.15) is 0 Å². The predicted molar refractivity (Wildman–Crippen MR) is 86.4 cm³/mol. The van der Waals surface area contributed by atoms with E-state index in [1.54, 1.807) is 0 Å². The van der Waals surface area contributed by atoms with Gasteiger partial charge in [-0.3, -0.25) is 0 Å². The van der Waals surface area contributed by atoms with E-state index in [4.69, 9.17) is 18.8 Å². The number of benzene rings is 1. The summed E-state index contributed by atoms with van der Waals surface area (Å²) in [5.41, 5.74) is 0.314. The Balaban J connectivity index is 1.72. The molecule has 1 atom stereocenters. The third-order valence-electron chi connectivity index (χ3n) is 4.79. The molecule has 0 aliphatic carbocycles. The maximum atomic E-state index is 6.09. The lowest BCUT2D eigenvalue weighted by molar-refractivity contribution is -0.105. The Bertz CT molecular complexity index is 507. The molecule has 0 saturated carbocycles. The Morgan fingerprint density at radius 1 is 1.09 bits per heavy atom. The van der Waals surface area contributed by atoms with Crippen molar-refractivity contribution >= 4 is 12.6 Å². The normalized spacial score (nSPS) is 26.9. The monoisotopic (exact) mass is 304 g/mol. The van der Waals surface area contributed by atoms with Crippen molar-refractivity contribution in [3.8, 4) is 5.75 Å². The molecular formula is C17H25BO4. The van der Waals surface area contributed by atoms with Gasteiger partial charge in [0.2, 0.25) is 0 Å². The third-order valence-corrected chi connectivity index (χ3v) is 4.79. The van der Waals surface area contributed by atoms with Crippen molar-refractivity contribution in [3.05, 3.63) is 24.3 Å². The van der Waals surface area contributed by atoms with Gasteiger partial charge in [0.1, 0.15) is 5.75 Å². The highest BCUT2D eigenvalue weighted by molar-refractivity contribution is 6.62.